The van der Waals surface area contributed by atoms with Crippen LogP contribution in [0.4, 0.5) is 5.69 Å². The van der Waals surface area contributed by atoms with Crippen molar-refractivity contribution in [1.29, 1.82) is 5.26 Å². The van der Waals surface area contributed by atoms with Gasteiger partial charge < -0.3 is 9.80 Å². The van der Waals surface area contributed by atoms with Gasteiger partial charge in [0.2, 0.25) is 5.91 Å². The molecule has 0 spiro atoms. The Bertz CT molecular complexity index is 932. The summed E-state index contributed by atoms with van der Waals surface area (Å²) in [5.74, 6) is 1.19. The van der Waals surface area contributed by atoms with Crippen LogP contribution in [0, 0.1) is 23.2 Å². The van der Waals surface area contributed by atoms with Crippen molar-refractivity contribution in [3.8, 4) is 6.07 Å². The number of piperidine rings is 2. The number of benzene rings is 1. The molecule has 2 aliphatic rings. The summed E-state index contributed by atoms with van der Waals surface area (Å²) >= 11 is 0. The highest BCUT2D eigenvalue weighted by atomic mass is 16.2. The van der Waals surface area contributed by atoms with Gasteiger partial charge in [-0.2, -0.15) is 5.26 Å². The monoisotopic (exact) mass is 390 g/mol. The van der Waals surface area contributed by atoms with Crippen LogP contribution in [0.2, 0.25) is 0 Å². The van der Waals surface area contributed by atoms with E-state index in [0.717, 1.165) is 80.8 Å². The molecule has 5 heteroatoms. The van der Waals surface area contributed by atoms with Crippen LogP contribution in [0.1, 0.15) is 50.7 Å². The zero-order chi connectivity index (χ0) is 20.4. The van der Waals surface area contributed by atoms with E-state index in [2.05, 4.69) is 46.8 Å². The Morgan fingerprint density at radius 3 is 2.55 bits per heavy atom. The lowest BCUT2D eigenvalue weighted by molar-refractivity contribution is -0.137. The maximum atomic E-state index is 13.0. The zero-order valence-corrected chi connectivity index (χ0v) is 17.5. The second-order valence-electron chi connectivity index (χ2n) is 8.61. The van der Waals surface area contributed by atoms with E-state index in [9.17, 15) is 10.1 Å². The van der Waals surface area contributed by atoms with Gasteiger partial charge in [-0.1, -0.05) is 19.9 Å². The molecule has 2 fully saturated rings. The molecule has 4 rings (SSSR count). The van der Waals surface area contributed by atoms with Crippen LogP contribution in [0.15, 0.2) is 24.4 Å². The van der Waals surface area contributed by atoms with Crippen LogP contribution in [-0.4, -0.2) is 42.0 Å². The molecule has 5 nitrogen and oxygen atoms in total. The average Bonchev–Trinajstić information content (AvgIpc) is 2.78. The molecule has 1 aromatic heterocycles. The summed E-state index contributed by atoms with van der Waals surface area (Å²) in [7, 11) is 0. The van der Waals surface area contributed by atoms with Crippen molar-refractivity contribution in [1.82, 2.24) is 9.88 Å². The fraction of sp³-hybridized carbons (Fsp3) is 0.542. The molecule has 2 saturated heterocycles. The molecule has 0 saturated carbocycles. The Labute approximate surface area is 173 Å². The summed E-state index contributed by atoms with van der Waals surface area (Å²) in [6.07, 6.45) is 6.60. The molecule has 0 aliphatic carbocycles. The van der Waals surface area contributed by atoms with Crippen LogP contribution in [0.5, 0.6) is 0 Å². The number of amides is 1. The van der Waals surface area contributed by atoms with Gasteiger partial charge in [0.15, 0.2) is 0 Å². The topological polar surface area (TPSA) is 60.2 Å². The molecule has 29 heavy (non-hydrogen) atoms. The van der Waals surface area contributed by atoms with Gasteiger partial charge in [0, 0.05) is 43.7 Å². The lowest BCUT2D eigenvalue weighted by Gasteiger charge is -2.38. The third kappa shape index (κ3) is 3.94. The van der Waals surface area contributed by atoms with E-state index >= 15 is 0 Å². The van der Waals surface area contributed by atoms with Crippen molar-refractivity contribution >= 4 is 22.5 Å². The van der Waals surface area contributed by atoms with Gasteiger partial charge in [-0.15, -0.1) is 0 Å². The number of anilines is 1. The molecule has 1 amide bonds. The number of carbonyl (C=O) groups is 1. The number of hydrogen-bond acceptors (Lipinski definition) is 4. The lowest BCUT2D eigenvalue weighted by atomic mass is 9.92. The molecule has 0 N–H and O–H groups in total. The molecule has 3 heterocycles. The van der Waals surface area contributed by atoms with Crippen molar-refractivity contribution in [2.24, 2.45) is 11.8 Å². The van der Waals surface area contributed by atoms with E-state index in [4.69, 9.17) is 0 Å². The standard InChI is InChI=1S/C24H30N4O/c1-3-18-4-5-22-21(14-18)23(20(15-25)16-26-22)27-12-8-19(9-13-27)24(29)28-10-6-17(2)7-11-28/h4-5,14,16-17,19H,3,6-13H2,1-2H3. The largest absolute Gasteiger partial charge is 0.370 e. The minimum Gasteiger partial charge on any atom is -0.370 e. The van der Waals surface area contributed by atoms with Crippen molar-refractivity contribution in [3.63, 3.8) is 0 Å². The van der Waals surface area contributed by atoms with Crippen LogP contribution >= 0.6 is 0 Å². The first kappa shape index (κ1) is 19.7. The third-order valence-electron chi connectivity index (χ3n) is 6.69. The fourth-order valence-electron chi connectivity index (χ4n) is 4.71. The highest BCUT2D eigenvalue weighted by molar-refractivity contribution is 5.95. The molecule has 0 radical (unpaired) electrons. The smallest absolute Gasteiger partial charge is 0.225 e. The molecule has 152 valence electrons. The number of carbonyl (C=O) groups excluding carboxylic acids is 1. The number of rotatable bonds is 3. The fourth-order valence-corrected chi connectivity index (χ4v) is 4.71. The van der Waals surface area contributed by atoms with Gasteiger partial charge in [0.1, 0.15) is 6.07 Å². The Kier molecular flexibility index (Phi) is 5.71. The van der Waals surface area contributed by atoms with Gasteiger partial charge in [0.25, 0.3) is 0 Å². The molecule has 0 unspecified atom stereocenters. The minimum atomic E-state index is 0.115. The Morgan fingerprint density at radius 1 is 1.17 bits per heavy atom. The van der Waals surface area contributed by atoms with Crippen LogP contribution in [-0.2, 0) is 11.2 Å². The summed E-state index contributed by atoms with van der Waals surface area (Å²) in [4.78, 5) is 21.8. The first-order valence-corrected chi connectivity index (χ1v) is 11.0. The lowest BCUT2D eigenvalue weighted by Crippen LogP contribution is -2.45. The summed E-state index contributed by atoms with van der Waals surface area (Å²) in [6, 6.07) is 8.66. The zero-order valence-electron chi connectivity index (χ0n) is 17.5. The second kappa shape index (κ2) is 8.41. The van der Waals surface area contributed by atoms with Crippen LogP contribution in [0.3, 0.4) is 0 Å². The number of fused-ring (bicyclic) bond motifs is 1. The van der Waals surface area contributed by atoms with E-state index in [-0.39, 0.29) is 5.92 Å². The predicted molar refractivity (Wildman–Crippen MR) is 116 cm³/mol. The summed E-state index contributed by atoms with van der Waals surface area (Å²) in [5, 5.41) is 10.7. The van der Waals surface area contributed by atoms with E-state index < -0.39 is 0 Å². The summed E-state index contributed by atoms with van der Waals surface area (Å²) < 4.78 is 0. The van der Waals surface area contributed by atoms with Crippen molar-refractivity contribution in [2.45, 2.75) is 46.0 Å². The van der Waals surface area contributed by atoms with Crippen molar-refractivity contribution in [3.05, 3.63) is 35.5 Å². The van der Waals surface area contributed by atoms with E-state index in [0.29, 0.717) is 11.5 Å². The molecule has 1 aromatic carbocycles. The van der Waals surface area contributed by atoms with Gasteiger partial charge in [0.05, 0.1) is 16.8 Å². The quantitative estimate of drug-likeness (QED) is 0.790. The van der Waals surface area contributed by atoms with Crippen molar-refractivity contribution < 1.29 is 4.79 Å². The van der Waals surface area contributed by atoms with Crippen LogP contribution in [0.25, 0.3) is 10.9 Å². The Balaban J connectivity index is 1.53. The number of pyridine rings is 1. The summed E-state index contributed by atoms with van der Waals surface area (Å²) in [5.41, 5.74) is 3.79. The number of likely N-dealkylation sites (tertiary alicyclic amines) is 1. The molecular formula is C24H30N4O. The van der Waals surface area contributed by atoms with Crippen LogP contribution < -0.4 is 4.90 Å². The van der Waals surface area contributed by atoms with Gasteiger partial charge >= 0.3 is 0 Å². The van der Waals surface area contributed by atoms with Crippen molar-refractivity contribution in [2.75, 3.05) is 31.1 Å². The average molecular weight is 391 g/mol. The first-order valence-electron chi connectivity index (χ1n) is 11.0. The van der Waals surface area contributed by atoms with Gasteiger partial charge in [-0.25, -0.2) is 0 Å². The third-order valence-corrected chi connectivity index (χ3v) is 6.69. The summed E-state index contributed by atoms with van der Waals surface area (Å²) in [6.45, 7) is 7.85. The number of nitrogens with zero attached hydrogens (tertiary/aromatic N) is 4. The maximum absolute atomic E-state index is 13.0. The molecule has 0 bridgehead atoms. The SMILES string of the molecule is CCc1ccc2ncc(C#N)c(N3CCC(C(=O)N4CCC(C)CC4)CC3)c2c1. The van der Waals surface area contributed by atoms with Gasteiger partial charge in [-0.3, -0.25) is 9.78 Å². The van der Waals surface area contributed by atoms with Gasteiger partial charge in [-0.05, 0) is 55.7 Å². The second-order valence-corrected chi connectivity index (χ2v) is 8.61. The Hall–Kier alpha value is -2.61. The van der Waals surface area contributed by atoms with E-state index in [1.807, 2.05) is 6.07 Å². The first-order chi connectivity index (χ1) is 14.1. The maximum Gasteiger partial charge on any atom is 0.225 e. The predicted octanol–water partition coefficient (Wildman–Crippen LogP) is 4.14. The normalized spacial score (nSPS) is 18.8. The van der Waals surface area contributed by atoms with E-state index in [1.54, 1.807) is 6.20 Å². The van der Waals surface area contributed by atoms with E-state index in [1.165, 1.54) is 5.56 Å². The molecular weight excluding hydrogens is 360 g/mol. The molecule has 2 aliphatic heterocycles. The molecule has 2 aromatic rings. The molecule has 0 atom stereocenters. The number of hydrogen-bond donors (Lipinski definition) is 0. The number of nitriles is 1. The number of aryl methyl sites for hydroxylation is 1. The minimum absolute atomic E-state index is 0.115. The Morgan fingerprint density at radius 2 is 1.90 bits per heavy atom. The number of aromatic nitrogens is 1. The highest BCUT2D eigenvalue weighted by Gasteiger charge is 2.31. The highest BCUT2D eigenvalue weighted by Crippen LogP contribution is 2.34.